The highest BCUT2D eigenvalue weighted by molar-refractivity contribution is 5.72. The molecule has 0 saturated heterocycles. The molecule has 0 bridgehead atoms. The summed E-state index contributed by atoms with van der Waals surface area (Å²) < 4.78 is 11.8. The zero-order chi connectivity index (χ0) is 20.8. The molecule has 2 heteroatoms. The van der Waals surface area contributed by atoms with E-state index in [9.17, 15) is 0 Å². The summed E-state index contributed by atoms with van der Waals surface area (Å²) in [5.41, 5.74) is 8.53. The van der Waals surface area contributed by atoms with Crippen LogP contribution in [0.5, 0.6) is 11.5 Å². The molecule has 0 spiro atoms. The normalized spacial score (nSPS) is 15.0. The molecule has 0 aromatic heterocycles. The van der Waals surface area contributed by atoms with Crippen LogP contribution in [0.25, 0.3) is 12.2 Å². The molecule has 0 unspecified atom stereocenters. The number of hydrogen-bond donors (Lipinski definition) is 0. The molecular formula is C28H34O2. The Hall–Kier alpha value is -2.48. The van der Waals surface area contributed by atoms with Crippen molar-refractivity contribution in [2.75, 3.05) is 13.2 Å². The SMILES string of the molecule is CCCCOc1ccc2c(c1)CCC(C1=Cc3ccc(OCCCC)cc3CC1)=C2. The summed E-state index contributed by atoms with van der Waals surface area (Å²) in [6, 6.07) is 13.2. The quantitative estimate of drug-likeness (QED) is 0.407. The Bertz CT molecular complexity index is 858. The van der Waals surface area contributed by atoms with Gasteiger partial charge in [-0.25, -0.2) is 0 Å². The number of aryl methyl sites for hydroxylation is 2. The summed E-state index contributed by atoms with van der Waals surface area (Å²) in [4.78, 5) is 0. The van der Waals surface area contributed by atoms with Crippen LogP contribution in [0, 0.1) is 0 Å². The molecule has 2 aliphatic rings. The summed E-state index contributed by atoms with van der Waals surface area (Å²) in [6.45, 7) is 6.02. The predicted octanol–water partition coefficient (Wildman–Crippen LogP) is 7.40. The van der Waals surface area contributed by atoms with Gasteiger partial charge in [-0.3, -0.25) is 0 Å². The van der Waals surface area contributed by atoms with Gasteiger partial charge in [0.25, 0.3) is 0 Å². The van der Waals surface area contributed by atoms with E-state index in [-0.39, 0.29) is 0 Å². The highest BCUT2D eigenvalue weighted by atomic mass is 16.5. The number of fused-ring (bicyclic) bond motifs is 2. The first-order valence-electron chi connectivity index (χ1n) is 11.7. The van der Waals surface area contributed by atoms with Gasteiger partial charge in [-0.15, -0.1) is 0 Å². The smallest absolute Gasteiger partial charge is 0.119 e. The largest absolute Gasteiger partial charge is 0.494 e. The van der Waals surface area contributed by atoms with Crippen molar-refractivity contribution in [3.8, 4) is 11.5 Å². The van der Waals surface area contributed by atoms with Gasteiger partial charge in [0.05, 0.1) is 13.2 Å². The zero-order valence-corrected chi connectivity index (χ0v) is 18.5. The highest BCUT2D eigenvalue weighted by Gasteiger charge is 2.18. The maximum Gasteiger partial charge on any atom is 0.119 e. The number of ether oxygens (including phenoxy) is 2. The van der Waals surface area contributed by atoms with Crippen molar-refractivity contribution in [2.45, 2.75) is 65.2 Å². The summed E-state index contributed by atoms with van der Waals surface area (Å²) in [5, 5.41) is 0. The minimum absolute atomic E-state index is 0.814. The van der Waals surface area contributed by atoms with E-state index in [2.05, 4.69) is 62.4 Å². The van der Waals surface area contributed by atoms with E-state index in [4.69, 9.17) is 9.47 Å². The molecule has 0 amide bonds. The van der Waals surface area contributed by atoms with Crippen LogP contribution in [-0.2, 0) is 12.8 Å². The van der Waals surface area contributed by atoms with Crippen LogP contribution in [0.3, 0.4) is 0 Å². The third kappa shape index (κ3) is 4.98. The fraction of sp³-hybridized carbons (Fsp3) is 0.429. The van der Waals surface area contributed by atoms with E-state index in [1.165, 1.54) is 46.2 Å². The van der Waals surface area contributed by atoms with Gasteiger partial charge in [-0.2, -0.15) is 0 Å². The average molecular weight is 403 g/mol. The Morgan fingerprint density at radius 2 is 1.10 bits per heavy atom. The van der Waals surface area contributed by atoms with Gasteiger partial charge < -0.3 is 9.47 Å². The maximum atomic E-state index is 5.89. The predicted molar refractivity (Wildman–Crippen MR) is 126 cm³/mol. The molecule has 0 heterocycles. The molecule has 0 saturated carbocycles. The number of benzene rings is 2. The molecule has 2 aliphatic carbocycles. The summed E-state index contributed by atoms with van der Waals surface area (Å²) in [6.07, 6.45) is 13.8. The molecule has 158 valence electrons. The summed E-state index contributed by atoms with van der Waals surface area (Å²) >= 11 is 0. The van der Waals surface area contributed by atoms with Gasteiger partial charge in [-0.05, 0) is 96.2 Å². The Morgan fingerprint density at radius 1 is 0.633 bits per heavy atom. The van der Waals surface area contributed by atoms with Gasteiger partial charge in [0.2, 0.25) is 0 Å². The molecule has 4 rings (SSSR count). The highest BCUT2D eigenvalue weighted by Crippen LogP contribution is 2.36. The minimum Gasteiger partial charge on any atom is -0.494 e. The Labute approximate surface area is 181 Å². The molecular weight excluding hydrogens is 368 g/mol. The lowest BCUT2D eigenvalue weighted by atomic mass is 9.82. The van der Waals surface area contributed by atoms with E-state index in [0.717, 1.165) is 63.2 Å². The molecule has 0 N–H and O–H groups in total. The standard InChI is InChI=1S/C28H34O2/c1-3-5-15-29-27-13-11-23-17-21(7-9-25(23)19-27)22-8-10-26-20-28(30-16-6-4-2)14-12-24(26)18-22/h11-14,17-20H,3-10,15-16H2,1-2H3. The van der Waals surface area contributed by atoms with Gasteiger partial charge in [-0.1, -0.05) is 51.0 Å². The van der Waals surface area contributed by atoms with Crippen molar-refractivity contribution in [3.63, 3.8) is 0 Å². The lowest BCUT2D eigenvalue weighted by Crippen LogP contribution is -2.07. The van der Waals surface area contributed by atoms with Crippen molar-refractivity contribution in [3.05, 3.63) is 69.8 Å². The van der Waals surface area contributed by atoms with Crippen molar-refractivity contribution >= 4 is 12.2 Å². The van der Waals surface area contributed by atoms with Crippen LogP contribution < -0.4 is 9.47 Å². The molecule has 0 fully saturated rings. The third-order valence-corrected chi connectivity index (χ3v) is 6.16. The Kier molecular flexibility index (Phi) is 6.94. The van der Waals surface area contributed by atoms with Crippen molar-refractivity contribution < 1.29 is 9.47 Å². The van der Waals surface area contributed by atoms with Crippen LogP contribution >= 0.6 is 0 Å². The van der Waals surface area contributed by atoms with E-state index in [1.54, 1.807) is 0 Å². The number of unbranched alkanes of at least 4 members (excludes halogenated alkanes) is 2. The van der Waals surface area contributed by atoms with Gasteiger partial charge >= 0.3 is 0 Å². The number of allylic oxidation sites excluding steroid dienone is 2. The van der Waals surface area contributed by atoms with Gasteiger partial charge in [0.1, 0.15) is 11.5 Å². The van der Waals surface area contributed by atoms with Crippen molar-refractivity contribution in [2.24, 2.45) is 0 Å². The van der Waals surface area contributed by atoms with E-state index < -0.39 is 0 Å². The fourth-order valence-electron chi connectivity index (χ4n) is 4.29. The zero-order valence-electron chi connectivity index (χ0n) is 18.5. The van der Waals surface area contributed by atoms with Crippen molar-refractivity contribution in [1.82, 2.24) is 0 Å². The molecule has 0 atom stereocenters. The third-order valence-electron chi connectivity index (χ3n) is 6.16. The Balaban J connectivity index is 1.47. The van der Waals surface area contributed by atoms with Crippen LogP contribution in [0.15, 0.2) is 47.5 Å². The molecule has 2 aromatic rings. The summed E-state index contributed by atoms with van der Waals surface area (Å²) in [5.74, 6) is 2.03. The second kappa shape index (κ2) is 10.0. The molecule has 0 aliphatic heterocycles. The molecule has 2 aromatic carbocycles. The topological polar surface area (TPSA) is 18.5 Å². The average Bonchev–Trinajstić information content (AvgIpc) is 2.78. The van der Waals surface area contributed by atoms with Gasteiger partial charge in [0, 0.05) is 0 Å². The summed E-state index contributed by atoms with van der Waals surface area (Å²) in [7, 11) is 0. The minimum atomic E-state index is 0.814. The van der Waals surface area contributed by atoms with E-state index in [0.29, 0.717) is 0 Å². The second-order valence-electron chi connectivity index (χ2n) is 8.46. The van der Waals surface area contributed by atoms with E-state index in [1.807, 2.05) is 0 Å². The lowest BCUT2D eigenvalue weighted by Gasteiger charge is -2.23. The number of hydrogen-bond acceptors (Lipinski definition) is 2. The van der Waals surface area contributed by atoms with E-state index >= 15 is 0 Å². The Morgan fingerprint density at radius 3 is 1.53 bits per heavy atom. The first-order chi connectivity index (χ1) is 14.8. The van der Waals surface area contributed by atoms with Crippen LogP contribution in [0.1, 0.15) is 74.6 Å². The van der Waals surface area contributed by atoms with Crippen LogP contribution in [0.4, 0.5) is 0 Å². The molecule has 2 nitrogen and oxygen atoms in total. The van der Waals surface area contributed by atoms with Crippen LogP contribution in [0.2, 0.25) is 0 Å². The number of rotatable bonds is 9. The second-order valence-corrected chi connectivity index (χ2v) is 8.46. The fourth-order valence-corrected chi connectivity index (χ4v) is 4.29. The lowest BCUT2D eigenvalue weighted by molar-refractivity contribution is 0.309. The first-order valence-corrected chi connectivity index (χ1v) is 11.7. The first kappa shape index (κ1) is 20.8. The monoisotopic (exact) mass is 402 g/mol. The van der Waals surface area contributed by atoms with Gasteiger partial charge in [0.15, 0.2) is 0 Å². The molecule has 30 heavy (non-hydrogen) atoms. The van der Waals surface area contributed by atoms with Crippen molar-refractivity contribution in [1.29, 1.82) is 0 Å². The molecule has 0 radical (unpaired) electrons. The maximum absolute atomic E-state index is 5.89. The van der Waals surface area contributed by atoms with Crippen LogP contribution in [-0.4, -0.2) is 13.2 Å².